The van der Waals surface area contributed by atoms with E-state index in [1.165, 1.54) is 0 Å². The lowest BCUT2D eigenvalue weighted by Gasteiger charge is -2.36. The standard InChI is InChI=1S/C14H20O3/c1-2-17-13(16)14-9-5-3-4-7-11(12(14)15)8-6-10-14/h6,8,11H,2-5,7,9-10H2,1H3. The summed E-state index contributed by atoms with van der Waals surface area (Å²) >= 11 is 0. The topological polar surface area (TPSA) is 43.4 Å². The molecule has 0 saturated heterocycles. The quantitative estimate of drug-likeness (QED) is 0.420. The van der Waals surface area contributed by atoms with Gasteiger partial charge in [0.1, 0.15) is 5.41 Å². The Balaban J connectivity index is 2.29. The molecule has 0 N–H and O–H groups in total. The lowest BCUT2D eigenvalue weighted by Crippen LogP contribution is -2.45. The van der Waals surface area contributed by atoms with Crippen LogP contribution in [0.1, 0.15) is 45.4 Å². The van der Waals surface area contributed by atoms with Crippen molar-refractivity contribution in [1.82, 2.24) is 0 Å². The third kappa shape index (κ3) is 2.15. The summed E-state index contributed by atoms with van der Waals surface area (Å²) in [7, 11) is 0. The van der Waals surface area contributed by atoms with E-state index < -0.39 is 5.41 Å². The van der Waals surface area contributed by atoms with Gasteiger partial charge in [-0.25, -0.2) is 0 Å². The van der Waals surface area contributed by atoms with Crippen LogP contribution in [0.3, 0.4) is 0 Å². The molecule has 0 aromatic rings. The molecule has 1 fully saturated rings. The zero-order chi connectivity index (χ0) is 12.3. The minimum atomic E-state index is -0.865. The van der Waals surface area contributed by atoms with Crippen molar-refractivity contribution in [2.45, 2.75) is 45.4 Å². The number of fused-ring (bicyclic) bond motifs is 2. The van der Waals surface area contributed by atoms with E-state index >= 15 is 0 Å². The van der Waals surface area contributed by atoms with Gasteiger partial charge >= 0.3 is 5.97 Å². The first kappa shape index (κ1) is 12.3. The van der Waals surface area contributed by atoms with Crippen LogP contribution in [0.15, 0.2) is 12.2 Å². The number of esters is 1. The van der Waals surface area contributed by atoms with Gasteiger partial charge in [0.25, 0.3) is 0 Å². The molecule has 0 aliphatic heterocycles. The van der Waals surface area contributed by atoms with Gasteiger partial charge in [0.05, 0.1) is 6.61 Å². The molecule has 0 spiro atoms. The number of ether oxygens (including phenoxy) is 1. The predicted octanol–water partition coefficient (Wildman–Crippen LogP) is 2.65. The maximum Gasteiger partial charge on any atom is 0.319 e. The molecule has 3 nitrogen and oxygen atoms in total. The van der Waals surface area contributed by atoms with E-state index in [0.29, 0.717) is 19.4 Å². The van der Waals surface area contributed by atoms with Crippen LogP contribution in [-0.4, -0.2) is 18.4 Å². The minimum absolute atomic E-state index is 0.0616. The first-order chi connectivity index (χ1) is 8.20. The summed E-state index contributed by atoms with van der Waals surface area (Å²) in [5.74, 6) is -0.271. The summed E-state index contributed by atoms with van der Waals surface area (Å²) in [5.41, 5.74) is -0.865. The lowest BCUT2D eigenvalue weighted by molar-refractivity contribution is -0.162. The van der Waals surface area contributed by atoms with Gasteiger partial charge in [-0.2, -0.15) is 0 Å². The van der Waals surface area contributed by atoms with E-state index in [4.69, 9.17) is 4.74 Å². The van der Waals surface area contributed by atoms with Crippen LogP contribution >= 0.6 is 0 Å². The highest BCUT2D eigenvalue weighted by Crippen LogP contribution is 2.41. The van der Waals surface area contributed by atoms with Gasteiger partial charge in [-0.1, -0.05) is 31.4 Å². The fraction of sp³-hybridized carbons (Fsp3) is 0.714. The molecule has 3 heteroatoms. The highest BCUT2D eigenvalue weighted by molar-refractivity contribution is 6.06. The largest absolute Gasteiger partial charge is 0.465 e. The second-order valence-electron chi connectivity index (χ2n) is 5.00. The molecule has 2 atom stereocenters. The lowest BCUT2D eigenvalue weighted by atomic mass is 9.66. The summed E-state index contributed by atoms with van der Waals surface area (Å²) in [6.07, 6.45) is 9.19. The Kier molecular flexibility index (Phi) is 3.65. The normalized spacial score (nSPS) is 32.8. The Morgan fingerprint density at radius 2 is 2.29 bits per heavy atom. The summed E-state index contributed by atoms with van der Waals surface area (Å²) in [4.78, 5) is 24.6. The molecule has 2 aliphatic carbocycles. The van der Waals surface area contributed by atoms with Crippen molar-refractivity contribution in [3.05, 3.63) is 12.2 Å². The van der Waals surface area contributed by atoms with Gasteiger partial charge < -0.3 is 4.74 Å². The first-order valence-electron chi connectivity index (χ1n) is 6.59. The van der Waals surface area contributed by atoms with E-state index in [2.05, 4.69) is 0 Å². The summed E-state index contributed by atoms with van der Waals surface area (Å²) < 4.78 is 5.13. The van der Waals surface area contributed by atoms with Gasteiger partial charge in [0.15, 0.2) is 5.78 Å². The van der Waals surface area contributed by atoms with Gasteiger partial charge in [-0.05, 0) is 26.2 Å². The second-order valence-corrected chi connectivity index (χ2v) is 5.00. The molecule has 0 aromatic carbocycles. The Hall–Kier alpha value is -1.12. The molecule has 2 unspecified atom stereocenters. The van der Waals surface area contributed by atoms with Crippen LogP contribution in [-0.2, 0) is 14.3 Å². The smallest absolute Gasteiger partial charge is 0.319 e. The number of rotatable bonds is 2. The zero-order valence-electron chi connectivity index (χ0n) is 10.4. The third-order valence-corrected chi connectivity index (χ3v) is 3.93. The molecule has 2 aliphatic rings. The molecule has 1 saturated carbocycles. The minimum Gasteiger partial charge on any atom is -0.465 e. The molecule has 0 aromatic heterocycles. The Labute approximate surface area is 102 Å². The summed E-state index contributed by atoms with van der Waals surface area (Å²) in [6, 6.07) is 0. The monoisotopic (exact) mass is 236 g/mol. The molecule has 17 heavy (non-hydrogen) atoms. The van der Waals surface area contributed by atoms with Crippen LogP contribution in [0.4, 0.5) is 0 Å². The SMILES string of the molecule is CCOC(=O)C12CC=CC(CCCCC1)C2=O. The van der Waals surface area contributed by atoms with E-state index in [9.17, 15) is 9.59 Å². The van der Waals surface area contributed by atoms with Gasteiger partial charge in [0, 0.05) is 5.92 Å². The van der Waals surface area contributed by atoms with Crippen LogP contribution in [0.2, 0.25) is 0 Å². The van der Waals surface area contributed by atoms with E-state index in [1.54, 1.807) is 6.92 Å². The number of hydrogen-bond acceptors (Lipinski definition) is 3. The number of ketones is 1. The van der Waals surface area contributed by atoms with Gasteiger partial charge in [-0.15, -0.1) is 0 Å². The van der Waals surface area contributed by atoms with Gasteiger partial charge in [-0.3, -0.25) is 9.59 Å². The fourth-order valence-corrected chi connectivity index (χ4v) is 2.95. The van der Waals surface area contributed by atoms with Crippen molar-refractivity contribution >= 4 is 11.8 Å². The van der Waals surface area contributed by atoms with Crippen LogP contribution < -0.4 is 0 Å². The predicted molar refractivity (Wildman–Crippen MR) is 64.4 cm³/mol. The fourth-order valence-electron chi connectivity index (χ4n) is 2.95. The average molecular weight is 236 g/mol. The number of hydrogen-bond donors (Lipinski definition) is 0. The van der Waals surface area contributed by atoms with Crippen molar-refractivity contribution in [1.29, 1.82) is 0 Å². The van der Waals surface area contributed by atoms with Crippen molar-refractivity contribution in [2.24, 2.45) is 11.3 Å². The Morgan fingerprint density at radius 3 is 3.06 bits per heavy atom. The number of allylic oxidation sites excluding steroid dienone is 2. The molecule has 0 heterocycles. The maximum atomic E-state index is 12.5. The Bertz CT molecular complexity index is 345. The van der Waals surface area contributed by atoms with Crippen molar-refractivity contribution < 1.29 is 14.3 Å². The number of Topliss-reactive ketones (excluding diaryl/α,β-unsaturated/α-hetero) is 1. The number of carbonyl (C=O) groups is 2. The second kappa shape index (κ2) is 5.03. The molecule has 0 radical (unpaired) electrons. The third-order valence-electron chi connectivity index (χ3n) is 3.93. The highest BCUT2D eigenvalue weighted by atomic mass is 16.5. The van der Waals surface area contributed by atoms with Gasteiger partial charge in [0.2, 0.25) is 0 Å². The highest BCUT2D eigenvalue weighted by Gasteiger charge is 2.49. The molecule has 0 amide bonds. The molecular weight excluding hydrogens is 216 g/mol. The zero-order valence-corrected chi connectivity index (χ0v) is 10.4. The van der Waals surface area contributed by atoms with Crippen LogP contribution in [0.5, 0.6) is 0 Å². The van der Waals surface area contributed by atoms with Crippen LogP contribution in [0.25, 0.3) is 0 Å². The molecular formula is C14H20O3. The summed E-state index contributed by atoms with van der Waals surface area (Å²) in [6.45, 7) is 2.14. The van der Waals surface area contributed by atoms with E-state index in [0.717, 1.165) is 25.7 Å². The van der Waals surface area contributed by atoms with E-state index in [1.807, 2.05) is 12.2 Å². The Morgan fingerprint density at radius 1 is 1.47 bits per heavy atom. The molecule has 2 rings (SSSR count). The average Bonchev–Trinajstić information content (AvgIpc) is 2.33. The molecule has 2 bridgehead atoms. The number of carbonyl (C=O) groups excluding carboxylic acids is 2. The van der Waals surface area contributed by atoms with Crippen LogP contribution in [0, 0.1) is 11.3 Å². The molecule has 94 valence electrons. The first-order valence-corrected chi connectivity index (χ1v) is 6.59. The van der Waals surface area contributed by atoms with Crippen molar-refractivity contribution in [3.8, 4) is 0 Å². The maximum absolute atomic E-state index is 12.5. The van der Waals surface area contributed by atoms with Crippen molar-refractivity contribution in [3.63, 3.8) is 0 Å². The van der Waals surface area contributed by atoms with Crippen molar-refractivity contribution in [2.75, 3.05) is 6.61 Å². The van der Waals surface area contributed by atoms with E-state index in [-0.39, 0.29) is 17.7 Å². The summed E-state index contributed by atoms with van der Waals surface area (Å²) in [5, 5.41) is 0.